The van der Waals surface area contributed by atoms with Gasteiger partial charge >= 0.3 is 0 Å². The lowest BCUT2D eigenvalue weighted by Crippen LogP contribution is -2.51. The Hall–Kier alpha value is -0.860. The van der Waals surface area contributed by atoms with Crippen molar-refractivity contribution in [3.05, 3.63) is 35.4 Å². The van der Waals surface area contributed by atoms with Crippen LogP contribution in [0.25, 0.3) is 0 Å². The summed E-state index contributed by atoms with van der Waals surface area (Å²) in [6, 6.07) is 9.63. The first-order chi connectivity index (χ1) is 8.36. The fourth-order valence-electron chi connectivity index (χ4n) is 3.17. The lowest BCUT2D eigenvalue weighted by molar-refractivity contribution is 0.182. The van der Waals surface area contributed by atoms with Gasteiger partial charge in [-0.3, -0.25) is 4.90 Å². The third kappa shape index (κ3) is 2.24. The van der Waals surface area contributed by atoms with Crippen LogP contribution in [0.4, 0.5) is 0 Å². The molecule has 1 heterocycles. The maximum absolute atomic E-state index is 3.59. The second-order valence-electron chi connectivity index (χ2n) is 5.42. The highest BCUT2D eigenvalue weighted by Crippen LogP contribution is 2.35. The van der Waals surface area contributed by atoms with Gasteiger partial charge in [0.1, 0.15) is 0 Å². The van der Waals surface area contributed by atoms with Gasteiger partial charge in [-0.2, -0.15) is 0 Å². The molecule has 2 nitrogen and oxygen atoms in total. The van der Waals surface area contributed by atoms with Crippen LogP contribution in [-0.4, -0.2) is 37.1 Å². The van der Waals surface area contributed by atoms with E-state index in [1.165, 1.54) is 32.5 Å². The molecule has 0 radical (unpaired) electrons. The Bertz CT molecular complexity index is 388. The summed E-state index contributed by atoms with van der Waals surface area (Å²) < 4.78 is 0. The number of hydrogen-bond acceptors (Lipinski definition) is 2. The summed E-state index contributed by atoms with van der Waals surface area (Å²) >= 11 is 0. The number of hydrogen-bond donors (Lipinski definition) is 1. The Balaban J connectivity index is 1.59. The van der Waals surface area contributed by atoms with E-state index >= 15 is 0 Å². The van der Waals surface area contributed by atoms with E-state index in [-0.39, 0.29) is 0 Å². The Labute approximate surface area is 104 Å². The lowest BCUT2D eigenvalue weighted by atomic mass is 9.77. The average Bonchev–Trinajstić information content (AvgIpc) is 2.36. The molecule has 0 amide bonds. The molecule has 0 bridgehead atoms. The van der Waals surface area contributed by atoms with Crippen molar-refractivity contribution in [1.29, 1.82) is 0 Å². The molecule has 0 saturated carbocycles. The van der Waals surface area contributed by atoms with Gasteiger partial charge in [-0.15, -0.1) is 0 Å². The second kappa shape index (κ2) is 4.79. The van der Waals surface area contributed by atoms with E-state index in [0.717, 1.165) is 12.5 Å². The first kappa shape index (κ1) is 11.2. The summed E-state index contributed by atoms with van der Waals surface area (Å²) in [5.41, 5.74) is 3.17. The maximum Gasteiger partial charge on any atom is 0.0192 e. The third-order valence-corrected chi connectivity index (χ3v) is 4.27. The summed E-state index contributed by atoms with van der Waals surface area (Å²) in [7, 11) is 0. The topological polar surface area (TPSA) is 15.3 Å². The summed E-state index contributed by atoms with van der Waals surface area (Å²) in [5.74, 6) is 0.793. The molecule has 1 fully saturated rings. The van der Waals surface area contributed by atoms with Crippen molar-refractivity contribution in [2.24, 2.45) is 0 Å². The summed E-state index contributed by atoms with van der Waals surface area (Å²) in [5, 5.41) is 3.59. The van der Waals surface area contributed by atoms with E-state index in [9.17, 15) is 0 Å². The minimum atomic E-state index is 0.707. The molecule has 1 aromatic rings. The Morgan fingerprint density at radius 3 is 3.06 bits per heavy atom. The largest absolute Gasteiger partial charge is 0.311 e. The van der Waals surface area contributed by atoms with Gasteiger partial charge in [0.05, 0.1) is 0 Å². The molecule has 0 spiro atoms. The van der Waals surface area contributed by atoms with Crippen molar-refractivity contribution in [3.8, 4) is 0 Å². The number of piperazine rings is 1. The van der Waals surface area contributed by atoms with E-state index in [0.29, 0.717) is 6.04 Å². The number of nitrogens with one attached hydrogen (secondary N) is 1. The van der Waals surface area contributed by atoms with Gasteiger partial charge < -0.3 is 5.32 Å². The molecule has 0 aromatic heterocycles. The normalized spacial score (nSPS) is 28.5. The predicted molar refractivity (Wildman–Crippen MR) is 71.4 cm³/mol. The van der Waals surface area contributed by atoms with Crippen LogP contribution in [0, 0.1) is 0 Å². The maximum atomic E-state index is 3.59. The molecule has 3 rings (SSSR count). The van der Waals surface area contributed by atoms with Crippen molar-refractivity contribution in [1.82, 2.24) is 10.2 Å². The molecular formula is C15H22N2. The number of fused-ring (bicyclic) bond motifs is 1. The highest BCUT2D eigenvalue weighted by molar-refractivity contribution is 5.40. The van der Waals surface area contributed by atoms with Crippen LogP contribution in [-0.2, 0) is 6.42 Å². The van der Waals surface area contributed by atoms with E-state index in [2.05, 4.69) is 41.4 Å². The monoisotopic (exact) mass is 230 g/mol. The van der Waals surface area contributed by atoms with Gasteiger partial charge in [-0.1, -0.05) is 31.2 Å². The summed E-state index contributed by atoms with van der Waals surface area (Å²) in [4.78, 5) is 2.64. The average molecular weight is 230 g/mol. The molecule has 2 unspecified atom stereocenters. The Morgan fingerprint density at radius 1 is 1.35 bits per heavy atom. The molecule has 1 saturated heterocycles. The smallest absolute Gasteiger partial charge is 0.0192 e. The van der Waals surface area contributed by atoms with Gasteiger partial charge in [0.2, 0.25) is 0 Å². The second-order valence-corrected chi connectivity index (χ2v) is 5.42. The molecule has 2 heteroatoms. The summed E-state index contributed by atoms with van der Waals surface area (Å²) in [6.07, 6.45) is 2.54. The van der Waals surface area contributed by atoms with E-state index in [1.807, 2.05) is 0 Å². The fourth-order valence-corrected chi connectivity index (χ4v) is 3.17. The van der Waals surface area contributed by atoms with Crippen molar-refractivity contribution in [2.45, 2.75) is 31.7 Å². The van der Waals surface area contributed by atoms with E-state index < -0.39 is 0 Å². The molecule has 17 heavy (non-hydrogen) atoms. The van der Waals surface area contributed by atoms with Crippen molar-refractivity contribution >= 4 is 0 Å². The molecule has 1 aliphatic heterocycles. The van der Waals surface area contributed by atoms with Crippen molar-refractivity contribution in [3.63, 3.8) is 0 Å². The van der Waals surface area contributed by atoms with Crippen LogP contribution in [0.1, 0.15) is 30.4 Å². The van der Waals surface area contributed by atoms with Crippen LogP contribution >= 0.6 is 0 Å². The standard InChI is InChI=1S/C15H22N2/c1-2-14-11-17(8-7-16-14)10-13-9-12-5-3-4-6-15(12)13/h3-6,13-14,16H,2,7-11H2,1H3. The quantitative estimate of drug-likeness (QED) is 0.854. The minimum Gasteiger partial charge on any atom is -0.311 e. The fraction of sp³-hybridized carbons (Fsp3) is 0.600. The Kier molecular flexibility index (Phi) is 3.17. The highest BCUT2D eigenvalue weighted by atomic mass is 15.2. The zero-order valence-corrected chi connectivity index (χ0v) is 10.7. The van der Waals surface area contributed by atoms with E-state index in [4.69, 9.17) is 0 Å². The number of rotatable bonds is 3. The van der Waals surface area contributed by atoms with Crippen LogP contribution in [0.3, 0.4) is 0 Å². The molecule has 92 valence electrons. The van der Waals surface area contributed by atoms with Crippen molar-refractivity contribution < 1.29 is 0 Å². The first-order valence-corrected chi connectivity index (χ1v) is 6.90. The predicted octanol–water partition coefficient (Wildman–Crippen LogP) is 2.01. The zero-order chi connectivity index (χ0) is 11.7. The van der Waals surface area contributed by atoms with Gasteiger partial charge in [-0.05, 0) is 24.0 Å². The van der Waals surface area contributed by atoms with Gasteiger partial charge in [0.25, 0.3) is 0 Å². The zero-order valence-electron chi connectivity index (χ0n) is 10.7. The van der Waals surface area contributed by atoms with Gasteiger partial charge in [-0.25, -0.2) is 0 Å². The van der Waals surface area contributed by atoms with Crippen LogP contribution in [0.2, 0.25) is 0 Å². The third-order valence-electron chi connectivity index (χ3n) is 4.27. The number of nitrogens with zero attached hydrogens (tertiary/aromatic N) is 1. The van der Waals surface area contributed by atoms with Gasteiger partial charge in [0, 0.05) is 38.1 Å². The Morgan fingerprint density at radius 2 is 2.24 bits per heavy atom. The van der Waals surface area contributed by atoms with Crippen molar-refractivity contribution in [2.75, 3.05) is 26.2 Å². The van der Waals surface area contributed by atoms with E-state index in [1.54, 1.807) is 11.1 Å². The SMILES string of the molecule is CCC1CN(CC2Cc3ccccc32)CCN1. The molecule has 1 N–H and O–H groups in total. The highest BCUT2D eigenvalue weighted by Gasteiger charge is 2.28. The van der Waals surface area contributed by atoms with Crippen LogP contribution < -0.4 is 5.32 Å². The molecular weight excluding hydrogens is 208 g/mol. The van der Waals surface area contributed by atoms with Crippen LogP contribution in [0.5, 0.6) is 0 Å². The molecule has 2 aliphatic rings. The van der Waals surface area contributed by atoms with Gasteiger partial charge in [0.15, 0.2) is 0 Å². The lowest BCUT2D eigenvalue weighted by Gasteiger charge is -2.39. The minimum absolute atomic E-state index is 0.707. The summed E-state index contributed by atoms with van der Waals surface area (Å²) in [6.45, 7) is 7.15. The molecule has 1 aliphatic carbocycles. The van der Waals surface area contributed by atoms with Crippen LogP contribution in [0.15, 0.2) is 24.3 Å². The molecule has 1 aromatic carbocycles. The molecule has 2 atom stereocenters. The number of benzene rings is 1. The first-order valence-electron chi connectivity index (χ1n) is 6.90.